The number of aliphatic carboxylic acids is 1. The molecule has 0 spiro atoms. The molecule has 1 fully saturated rings. The van der Waals surface area contributed by atoms with Crippen LogP contribution in [-0.2, 0) is 4.79 Å². The van der Waals surface area contributed by atoms with Gasteiger partial charge in [-0.15, -0.1) is 0 Å². The molecule has 1 heterocycles. The fraction of sp³-hybridized carbons (Fsp3) is 0.800. The lowest BCUT2D eigenvalue weighted by Gasteiger charge is -1.99. The topological polar surface area (TPSA) is 49.3 Å². The van der Waals surface area contributed by atoms with Crippen molar-refractivity contribution in [2.45, 2.75) is 18.9 Å². The van der Waals surface area contributed by atoms with Gasteiger partial charge in [0.2, 0.25) is 0 Å². The second-order valence-electron chi connectivity index (χ2n) is 1.99. The lowest BCUT2D eigenvalue weighted by atomic mass is 10.2. The first kappa shape index (κ1) is 8.78. The number of nitrogens with one attached hydrogen (secondary N) is 1. The maximum Gasteiger partial charge on any atom is 0.320 e. The Bertz CT molecular complexity index is 101. The van der Waals surface area contributed by atoms with Gasteiger partial charge < -0.3 is 10.4 Å². The van der Waals surface area contributed by atoms with E-state index in [1.54, 1.807) is 0 Å². The van der Waals surface area contributed by atoms with E-state index in [2.05, 4.69) is 5.32 Å². The zero-order chi connectivity index (χ0) is 5.98. The van der Waals surface area contributed by atoms with Gasteiger partial charge in [0.15, 0.2) is 0 Å². The minimum absolute atomic E-state index is 0. The van der Waals surface area contributed by atoms with E-state index in [0.29, 0.717) is 0 Å². The van der Waals surface area contributed by atoms with Crippen molar-refractivity contribution in [3.63, 3.8) is 0 Å². The van der Waals surface area contributed by atoms with Gasteiger partial charge in [0.1, 0.15) is 6.04 Å². The van der Waals surface area contributed by atoms with Crippen molar-refractivity contribution in [1.29, 1.82) is 0 Å². The van der Waals surface area contributed by atoms with Gasteiger partial charge in [-0.2, -0.15) is 13.5 Å². The van der Waals surface area contributed by atoms with Crippen LogP contribution in [0.4, 0.5) is 0 Å². The Labute approximate surface area is 60.9 Å². The molecular formula is C5H11NO2S. The third-order valence-electron chi connectivity index (χ3n) is 1.36. The molecule has 0 bridgehead atoms. The number of hydrogen-bond acceptors (Lipinski definition) is 2. The molecular weight excluding hydrogens is 138 g/mol. The molecule has 1 aliphatic rings. The van der Waals surface area contributed by atoms with Crippen molar-refractivity contribution in [3.05, 3.63) is 0 Å². The summed E-state index contributed by atoms with van der Waals surface area (Å²) in [4.78, 5) is 10.1. The molecule has 1 rings (SSSR count). The molecule has 1 atom stereocenters. The highest BCUT2D eigenvalue weighted by Crippen LogP contribution is 2.03. The summed E-state index contributed by atoms with van der Waals surface area (Å²) in [5.74, 6) is -0.720. The average molecular weight is 149 g/mol. The van der Waals surface area contributed by atoms with Crippen molar-refractivity contribution in [3.8, 4) is 0 Å². The molecule has 54 valence electrons. The summed E-state index contributed by atoms with van der Waals surface area (Å²) in [6.07, 6.45) is 1.78. The minimum atomic E-state index is -0.720. The van der Waals surface area contributed by atoms with Crippen LogP contribution in [0.5, 0.6) is 0 Å². The van der Waals surface area contributed by atoms with E-state index >= 15 is 0 Å². The lowest BCUT2D eigenvalue weighted by molar-refractivity contribution is -0.139. The van der Waals surface area contributed by atoms with Crippen molar-refractivity contribution in [2.75, 3.05) is 6.54 Å². The van der Waals surface area contributed by atoms with E-state index in [9.17, 15) is 4.79 Å². The molecule has 1 unspecified atom stereocenters. The van der Waals surface area contributed by atoms with Crippen LogP contribution in [-0.4, -0.2) is 23.7 Å². The Morgan fingerprint density at radius 2 is 2.33 bits per heavy atom. The summed E-state index contributed by atoms with van der Waals surface area (Å²) >= 11 is 0. The summed E-state index contributed by atoms with van der Waals surface area (Å²) in [7, 11) is 0. The van der Waals surface area contributed by atoms with Crippen LogP contribution < -0.4 is 5.32 Å². The normalized spacial score (nSPS) is 25.1. The van der Waals surface area contributed by atoms with Crippen molar-refractivity contribution in [1.82, 2.24) is 5.32 Å². The highest BCUT2D eigenvalue weighted by molar-refractivity contribution is 7.59. The number of carboxylic acid groups (broad SMARTS) is 1. The highest BCUT2D eigenvalue weighted by atomic mass is 32.1. The van der Waals surface area contributed by atoms with E-state index in [1.807, 2.05) is 0 Å². The van der Waals surface area contributed by atoms with E-state index < -0.39 is 5.97 Å². The van der Waals surface area contributed by atoms with E-state index in [1.165, 1.54) is 0 Å². The summed E-state index contributed by atoms with van der Waals surface area (Å²) in [5.41, 5.74) is 0. The maximum atomic E-state index is 10.1. The summed E-state index contributed by atoms with van der Waals surface area (Å²) in [5, 5.41) is 11.2. The molecule has 2 N–H and O–H groups in total. The molecule has 0 aromatic rings. The van der Waals surface area contributed by atoms with Crippen LogP contribution in [0.25, 0.3) is 0 Å². The van der Waals surface area contributed by atoms with Gasteiger partial charge in [-0.3, -0.25) is 4.79 Å². The van der Waals surface area contributed by atoms with Crippen molar-refractivity contribution < 1.29 is 9.90 Å². The first-order valence-electron chi connectivity index (χ1n) is 2.77. The van der Waals surface area contributed by atoms with Crippen LogP contribution in [0.2, 0.25) is 0 Å². The largest absolute Gasteiger partial charge is 0.480 e. The van der Waals surface area contributed by atoms with Crippen LogP contribution in [0.15, 0.2) is 0 Å². The van der Waals surface area contributed by atoms with Crippen molar-refractivity contribution in [2.24, 2.45) is 0 Å². The molecule has 0 amide bonds. The molecule has 4 heteroatoms. The first-order chi connectivity index (χ1) is 3.80. The molecule has 0 saturated carbocycles. The number of hydrogen-bond donors (Lipinski definition) is 2. The van der Waals surface area contributed by atoms with Crippen LogP contribution in [0, 0.1) is 0 Å². The van der Waals surface area contributed by atoms with Gasteiger partial charge in [-0.05, 0) is 19.4 Å². The number of carboxylic acids is 1. The molecule has 1 aliphatic heterocycles. The Kier molecular flexibility index (Phi) is 3.65. The summed E-state index contributed by atoms with van der Waals surface area (Å²) in [6.45, 7) is 0.858. The summed E-state index contributed by atoms with van der Waals surface area (Å²) < 4.78 is 0. The smallest absolute Gasteiger partial charge is 0.320 e. The second-order valence-corrected chi connectivity index (χ2v) is 1.99. The van der Waals surface area contributed by atoms with Gasteiger partial charge in [0, 0.05) is 0 Å². The first-order valence-corrected chi connectivity index (χ1v) is 2.77. The third kappa shape index (κ3) is 2.24. The second kappa shape index (κ2) is 3.74. The van der Waals surface area contributed by atoms with Gasteiger partial charge in [0.05, 0.1) is 0 Å². The van der Waals surface area contributed by atoms with Crippen LogP contribution >= 0.6 is 13.5 Å². The Balaban J connectivity index is 0.000000640. The fourth-order valence-electron chi connectivity index (χ4n) is 0.895. The average Bonchev–Trinajstić information content (AvgIpc) is 2.12. The van der Waals surface area contributed by atoms with E-state index in [4.69, 9.17) is 5.11 Å². The van der Waals surface area contributed by atoms with Crippen LogP contribution in [0.1, 0.15) is 12.8 Å². The fourth-order valence-corrected chi connectivity index (χ4v) is 0.895. The van der Waals surface area contributed by atoms with E-state index in [-0.39, 0.29) is 19.5 Å². The number of carbonyl (C=O) groups is 1. The molecule has 0 aliphatic carbocycles. The Hall–Kier alpha value is -0.220. The zero-order valence-electron chi connectivity index (χ0n) is 5.05. The molecule has 1 saturated heterocycles. The minimum Gasteiger partial charge on any atom is -0.480 e. The summed E-state index contributed by atoms with van der Waals surface area (Å²) in [6, 6.07) is -0.269. The number of rotatable bonds is 1. The third-order valence-corrected chi connectivity index (χ3v) is 1.36. The van der Waals surface area contributed by atoms with Gasteiger partial charge in [-0.1, -0.05) is 0 Å². The molecule has 9 heavy (non-hydrogen) atoms. The van der Waals surface area contributed by atoms with Crippen molar-refractivity contribution >= 4 is 19.5 Å². The highest BCUT2D eigenvalue weighted by Gasteiger charge is 2.20. The zero-order valence-corrected chi connectivity index (χ0v) is 6.05. The lowest BCUT2D eigenvalue weighted by Crippen LogP contribution is -2.29. The Morgan fingerprint density at radius 1 is 1.67 bits per heavy atom. The molecule has 3 nitrogen and oxygen atoms in total. The van der Waals surface area contributed by atoms with Crippen LogP contribution in [0.3, 0.4) is 0 Å². The standard InChI is InChI=1S/C5H9NO2.H2S/c7-5(8)4-2-1-3-6-4;/h4,6H,1-3H2,(H,7,8);1H2. The molecule has 0 radical (unpaired) electrons. The van der Waals surface area contributed by atoms with Gasteiger partial charge >= 0.3 is 5.97 Å². The monoisotopic (exact) mass is 149 g/mol. The predicted molar refractivity (Wildman–Crippen MR) is 39.0 cm³/mol. The quantitative estimate of drug-likeness (QED) is 0.549. The molecule has 0 aromatic heterocycles. The Morgan fingerprint density at radius 3 is 2.56 bits per heavy atom. The van der Waals surface area contributed by atoms with Gasteiger partial charge in [0.25, 0.3) is 0 Å². The van der Waals surface area contributed by atoms with E-state index in [0.717, 1.165) is 19.4 Å². The maximum absolute atomic E-state index is 10.1. The predicted octanol–water partition coefficient (Wildman–Crippen LogP) is -0.0642. The van der Waals surface area contributed by atoms with Gasteiger partial charge in [-0.25, -0.2) is 0 Å². The SMILES string of the molecule is O=C(O)C1CCCN1.S. The molecule has 0 aromatic carbocycles.